The van der Waals surface area contributed by atoms with E-state index in [4.69, 9.17) is 15.2 Å². The minimum Gasteiger partial charge on any atom is -0.493 e. The Balaban J connectivity index is 1.65. The number of nitrogens with one attached hydrogen (secondary N) is 2. The smallest absolute Gasteiger partial charge is 0.255 e. The minimum atomic E-state index is -0.572. The van der Waals surface area contributed by atoms with Gasteiger partial charge in [0.05, 0.1) is 7.11 Å². The van der Waals surface area contributed by atoms with Gasteiger partial charge in [0.2, 0.25) is 5.91 Å². The average Bonchev–Trinajstić information content (AvgIpc) is 3.27. The third-order valence-electron chi connectivity index (χ3n) is 4.91. The van der Waals surface area contributed by atoms with Crippen LogP contribution in [0.15, 0.2) is 18.2 Å². The van der Waals surface area contributed by atoms with Crippen molar-refractivity contribution >= 4 is 17.5 Å². The number of primary amides is 1. The molecule has 2 amide bonds. The quantitative estimate of drug-likeness (QED) is 0.717. The Morgan fingerprint density at radius 1 is 1.33 bits per heavy atom. The molecule has 1 unspecified atom stereocenters. The van der Waals surface area contributed by atoms with Crippen LogP contribution >= 0.6 is 0 Å². The van der Waals surface area contributed by atoms with Gasteiger partial charge in [-0.05, 0) is 49.9 Å². The van der Waals surface area contributed by atoms with Gasteiger partial charge < -0.3 is 25.8 Å². The summed E-state index contributed by atoms with van der Waals surface area (Å²) < 4.78 is 10.5. The summed E-state index contributed by atoms with van der Waals surface area (Å²) in [6.07, 6.45) is 3.07. The molecule has 1 aromatic rings. The van der Waals surface area contributed by atoms with Gasteiger partial charge in [0.25, 0.3) is 5.91 Å². The largest absolute Gasteiger partial charge is 0.493 e. The predicted octanol–water partition coefficient (Wildman–Crippen LogP) is 0.888. The van der Waals surface area contributed by atoms with Crippen LogP contribution in [0.3, 0.4) is 0 Å². The van der Waals surface area contributed by atoms with Crippen LogP contribution in [-0.4, -0.2) is 38.6 Å². The zero-order chi connectivity index (χ0) is 17.2. The lowest BCUT2D eigenvalue weighted by molar-refractivity contribution is -0.120. The fourth-order valence-electron chi connectivity index (χ4n) is 3.44. The SMILES string of the molecule is COc1ccc(NC(=O)C2CC23CCNCC3)cc1OCC(N)=O. The van der Waals surface area contributed by atoms with Gasteiger partial charge in [-0.15, -0.1) is 0 Å². The van der Waals surface area contributed by atoms with Crippen LogP contribution in [0.4, 0.5) is 5.69 Å². The van der Waals surface area contributed by atoms with Crippen LogP contribution in [0.1, 0.15) is 19.3 Å². The van der Waals surface area contributed by atoms with E-state index < -0.39 is 5.91 Å². The van der Waals surface area contributed by atoms with E-state index in [1.165, 1.54) is 7.11 Å². The number of methoxy groups -OCH3 is 1. The van der Waals surface area contributed by atoms with Crippen molar-refractivity contribution in [1.29, 1.82) is 0 Å². The molecule has 1 saturated heterocycles. The number of rotatable bonds is 6. The predicted molar refractivity (Wildman–Crippen MR) is 89.0 cm³/mol. The molecule has 2 aliphatic rings. The number of piperidine rings is 1. The molecule has 24 heavy (non-hydrogen) atoms. The first kappa shape index (κ1) is 16.6. The summed E-state index contributed by atoms with van der Waals surface area (Å²) in [6, 6.07) is 5.10. The molecule has 0 radical (unpaired) electrons. The third kappa shape index (κ3) is 3.46. The second kappa shape index (κ2) is 6.68. The van der Waals surface area contributed by atoms with Crippen molar-refractivity contribution in [1.82, 2.24) is 5.32 Å². The molecule has 1 aliphatic heterocycles. The van der Waals surface area contributed by atoms with E-state index in [9.17, 15) is 9.59 Å². The first-order chi connectivity index (χ1) is 11.5. The number of carbonyl (C=O) groups is 2. The Labute approximate surface area is 140 Å². The Morgan fingerprint density at radius 2 is 2.08 bits per heavy atom. The molecular formula is C17H23N3O4. The maximum atomic E-state index is 12.5. The van der Waals surface area contributed by atoms with Crippen LogP contribution in [0, 0.1) is 11.3 Å². The van der Waals surface area contributed by atoms with E-state index in [1.54, 1.807) is 18.2 Å². The van der Waals surface area contributed by atoms with Crippen molar-refractivity contribution in [3.63, 3.8) is 0 Å². The molecule has 1 spiro atoms. The van der Waals surface area contributed by atoms with Crippen LogP contribution in [0.5, 0.6) is 11.5 Å². The van der Waals surface area contributed by atoms with Crippen LogP contribution in [0.25, 0.3) is 0 Å². The molecule has 2 fully saturated rings. The Hall–Kier alpha value is -2.28. The van der Waals surface area contributed by atoms with Crippen molar-refractivity contribution in [3.05, 3.63) is 18.2 Å². The standard InChI is InChI=1S/C17H23N3O4/c1-23-13-3-2-11(8-14(13)24-10-15(18)21)20-16(22)12-9-17(12)4-6-19-7-5-17/h2-3,8,12,19H,4-7,9-10H2,1H3,(H2,18,21)(H,20,22). The molecule has 0 aromatic heterocycles. The van der Waals surface area contributed by atoms with Crippen molar-refractivity contribution in [2.75, 3.05) is 32.1 Å². The molecule has 1 aromatic carbocycles. The molecule has 1 atom stereocenters. The number of benzene rings is 1. The molecular weight excluding hydrogens is 310 g/mol. The van der Waals surface area contributed by atoms with Crippen molar-refractivity contribution in [2.24, 2.45) is 17.1 Å². The summed E-state index contributed by atoms with van der Waals surface area (Å²) in [6.45, 7) is 1.72. The van der Waals surface area contributed by atoms with Gasteiger partial charge in [-0.25, -0.2) is 0 Å². The summed E-state index contributed by atoms with van der Waals surface area (Å²) in [5, 5.41) is 6.28. The van der Waals surface area contributed by atoms with Crippen molar-refractivity contribution in [2.45, 2.75) is 19.3 Å². The monoisotopic (exact) mass is 333 g/mol. The molecule has 3 rings (SSSR count). The maximum absolute atomic E-state index is 12.5. The zero-order valence-corrected chi connectivity index (χ0v) is 13.8. The molecule has 1 saturated carbocycles. The number of amides is 2. The number of ether oxygens (including phenoxy) is 2. The topological polar surface area (TPSA) is 103 Å². The highest BCUT2D eigenvalue weighted by molar-refractivity contribution is 5.95. The lowest BCUT2D eigenvalue weighted by Crippen LogP contribution is -2.31. The average molecular weight is 333 g/mol. The second-order valence-corrected chi connectivity index (χ2v) is 6.48. The number of carbonyl (C=O) groups excluding carboxylic acids is 2. The van der Waals surface area contributed by atoms with Crippen LogP contribution in [0.2, 0.25) is 0 Å². The number of hydrogen-bond acceptors (Lipinski definition) is 5. The van der Waals surface area contributed by atoms with E-state index in [2.05, 4.69) is 10.6 Å². The first-order valence-corrected chi connectivity index (χ1v) is 8.15. The molecule has 130 valence electrons. The second-order valence-electron chi connectivity index (χ2n) is 6.48. The molecule has 7 heteroatoms. The number of anilines is 1. The summed E-state index contributed by atoms with van der Waals surface area (Å²) in [7, 11) is 1.51. The molecule has 1 aliphatic carbocycles. The van der Waals surface area contributed by atoms with Gasteiger partial charge in [0, 0.05) is 17.7 Å². The van der Waals surface area contributed by atoms with Gasteiger partial charge in [0.1, 0.15) is 0 Å². The van der Waals surface area contributed by atoms with Crippen molar-refractivity contribution in [3.8, 4) is 11.5 Å². The Bertz CT molecular complexity index is 641. The van der Waals surface area contributed by atoms with Crippen LogP contribution in [-0.2, 0) is 9.59 Å². The van der Waals surface area contributed by atoms with Gasteiger partial charge in [-0.1, -0.05) is 0 Å². The highest BCUT2D eigenvalue weighted by Gasteiger charge is 2.57. The summed E-state index contributed by atoms with van der Waals surface area (Å²) >= 11 is 0. The normalized spacial score (nSPS) is 21.1. The van der Waals surface area contributed by atoms with Gasteiger partial charge in [-0.2, -0.15) is 0 Å². The van der Waals surface area contributed by atoms with Gasteiger partial charge in [-0.3, -0.25) is 9.59 Å². The number of hydrogen-bond donors (Lipinski definition) is 3. The molecule has 7 nitrogen and oxygen atoms in total. The molecule has 0 bridgehead atoms. The van der Waals surface area contributed by atoms with E-state index >= 15 is 0 Å². The summed E-state index contributed by atoms with van der Waals surface area (Å²) in [5.41, 5.74) is 5.91. The maximum Gasteiger partial charge on any atom is 0.255 e. The van der Waals surface area contributed by atoms with Crippen molar-refractivity contribution < 1.29 is 19.1 Å². The zero-order valence-electron chi connectivity index (χ0n) is 13.8. The summed E-state index contributed by atoms with van der Waals surface area (Å²) in [4.78, 5) is 23.4. The summed E-state index contributed by atoms with van der Waals surface area (Å²) in [5.74, 6) is 0.411. The highest BCUT2D eigenvalue weighted by atomic mass is 16.5. The van der Waals surface area contributed by atoms with Crippen LogP contribution < -0.4 is 25.8 Å². The lowest BCUT2D eigenvalue weighted by atomic mass is 9.92. The van der Waals surface area contributed by atoms with E-state index in [-0.39, 0.29) is 23.8 Å². The minimum absolute atomic E-state index is 0.0444. The van der Waals surface area contributed by atoms with E-state index in [1.807, 2.05) is 0 Å². The van der Waals surface area contributed by atoms with E-state index in [0.717, 1.165) is 32.4 Å². The van der Waals surface area contributed by atoms with Gasteiger partial charge >= 0.3 is 0 Å². The highest BCUT2D eigenvalue weighted by Crippen LogP contribution is 2.58. The molecule has 1 heterocycles. The first-order valence-electron chi connectivity index (χ1n) is 8.15. The Kier molecular flexibility index (Phi) is 4.62. The third-order valence-corrected chi connectivity index (χ3v) is 4.91. The lowest BCUT2D eigenvalue weighted by Gasteiger charge is -2.23. The Morgan fingerprint density at radius 3 is 2.75 bits per heavy atom. The fraction of sp³-hybridized carbons (Fsp3) is 0.529. The molecule has 4 N–H and O–H groups in total. The fourth-order valence-corrected chi connectivity index (χ4v) is 3.44. The number of nitrogens with two attached hydrogens (primary N) is 1. The van der Waals surface area contributed by atoms with E-state index in [0.29, 0.717) is 17.2 Å². The van der Waals surface area contributed by atoms with Gasteiger partial charge in [0.15, 0.2) is 18.1 Å².